The Morgan fingerprint density at radius 1 is 1.08 bits per heavy atom. The average molecular weight is 341 g/mol. The Morgan fingerprint density at radius 2 is 1.92 bits per heavy atom. The van der Waals surface area contributed by atoms with Crippen LogP contribution in [-0.4, -0.2) is 35.5 Å². The molecule has 3 N–H and O–H groups in total. The Bertz CT molecular complexity index is 702. The molecule has 0 aliphatic heterocycles. The molecule has 0 radical (unpaired) electrons. The second-order valence-corrected chi connectivity index (χ2v) is 6.01. The highest BCUT2D eigenvalue weighted by Gasteiger charge is 2.04. The minimum Gasteiger partial charge on any atom is -0.370 e. The minimum atomic E-state index is 0.0572. The van der Waals surface area contributed by atoms with Gasteiger partial charge in [-0.3, -0.25) is 4.79 Å². The fourth-order valence-corrected chi connectivity index (χ4v) is 2.51. The molecule has 6 heteroatoms. The van der Waals surface area contributed by atoms with Gasteiger partial charge in [0.05, 0.1) is 0 Å². The summed E-state index contributed by atoms with van der Waals surface area (Å²) in [4.78, 5) is 20.6. The molecule has 0 aliphatic carbocycles. The average Bonchev–Trinajstić information content (AvgIpc) is 2.57. The molecule has 2 aromatic rings. The number of rotatable bonds is 9. The van der Waals surface area contributed by atoms with Crippen LogP contribution in [0.4, 0.5) is 11.8 Å². The first-order chi connectivity index (χ1) is 12.1. The minimum absolute atomic E-state index is 0.0572. The van der Waals surface area contributed by atoms with Crippen LogP contribution < -0.4 is 16.0 Å². The van der Waals surface area contributed by atoms with E-state index < -0.39 is 0 Å². The summed E-state index contributed by atoms with van der Waals surface area (Å²) >= 11 is 0. The van der Waals surface area contributed by atoms with Crippen molar-refractivity contribution < 1.29 is 4.79 Å². The highest BCUT2D eigenvalue weighted by Crippen LogP contribution is 2.09. The van der Waals surface area contributed by atoms with Crippen molar-refractivity contribution in [2.45, 2.75) is 33.6 Å². The van der Waals surface area contributed by atoms with Crippen molar-refractivity contribution >= 4 is 17.7 Å². The summed E-state index contributed by atoms with van der Waals surface area (Å²) in [6, 6.07) is 10.2. The zero-order valence-electron chi connectivity index (χ0n) is 15.2. The number of hydrogen-bond donors (Lipinski definition) is 3. The number of benzene rings is 1. The van der Waals surface area contributed by atoms with Crippen molar-refractivity contribution in [1.82, 2.24) is 15.3 Å². The predicted octanol–water partition coefficient (Wildman–Crippen LogP) is 2.69. The van der Waals surface area contributed by atoms with Gasteiger partial charge in [0.25, 0.3) is 0 Å². The van der Waals surface area contributed by atoms with Gasteiger partial charge in [0.2, 0.25) is 11.9 Å². The molecule has 0 fully saturated rings. The summed E-state index contributed by atoms with van der Waals surface area (Å²) in [6.07, 6.45) is 1.25. The van der Waals surface area contributed by atoms with E-state index in [1.165, 1.54) is 11.1 Å². The largest absolute Gasteiger partial charge is 0.370 e. The van der Waals surface area contributed by atoms with E-state index in [9.17, 15) is 4.79 Å². The van der Waals surface area contributed by atoms with Crippen molar-refractivity contribution in [1.29, 1.82) is 0 Å². The van der Waals surface area contributed by atoms with Gasteiger partial charge in [0, 0.05) is 37.8 Å². The van der Waals surface area contributed by atoms with E-state index in [-0.39, 0.29) is 5.91 Å². The maximum absolute atomic E-state index is 11.9. The van der Waals surface area contributed by atoms with Crippen LogP contribution in [0.1, 0.15) is 30.2 Å². The summed E-state index contributed by atoms with van der Waals surface area (Å²) in [5, 5.41) is 9.24. The molecule has 0 unspecified atom stereocenters. The Hall–Kier alpha value is -2.63. The lowest BCUT2D eigenvalue weighted by Gasteiger charge is -2.09. The molecule has 0 aliphatic rings. The van der Waals surface area contributed by atoms with E-state index in [0.717, 1.165) is 24.5 Å². The number of aryl methyl sites for hydroxylation is 3. The number of hydrogen-bond acceptors (Lipinski definition) is 5. The van der Waals surface area contributed by atoms with Crippen LogP contribution in [0.5, 0.6) is 0 Å². The van der Waals surface area contributed by atoms with Crippen molar-refractivity contribution in [2.24, 2.45) is 0 Å². The van der Waals surface area contributed by atoms with Crippen LogP contribution in [-0.2, 0) is 11.2 Å². The van der Waals surface area contributed by atoms with Crippen LogP contribution in [0, 0.1) is 13.8 Å². The standard InChI is InChI=1S/C19H27N5O/c1-4-20-17-13-15(3)23-19(24-17)22-11-10-21-18(25)9-8-16-7-5-6-14(2)12-16/h5-7,12-13H,4,8-11H2,1-3H3,(H,21,25)(H2,20,22,23,24). The first-order valence-electron chi connectivity index (χ1n) is 8.72. The summed E-state index contributed by atoms with van der Waals surface area (Å²) in [6.45, 7) is 7.96. The van der Waals surface area contributed by atoms with Crippen LogP contribution in [0.3, 0.4) is 0 Å². The van der Waals surface area contributed by atoms with E-state index >= 15 is 0 Å². The molecule has 25 heavy (non-hydrogen) atoms. The summed E-state index contributed by atoms with van der Waals surface area (Å²) < 4.78 is 0. The maximum Gasteiger partial charge on any atom is 0.224 e. The zero-order chi connectivity index (χ0) is 18.1. The van der Waals surface area contributed by atoms with Crippen molar-refractivity contribution in [3.63, 3.8) is 0 Å². The SMILES string of the molecule is CCNc1cc(C)nc(NCCNC(=O)CCc2cccc(C)c2)n1. The lowest BCUT2D eigenvalue weighted by Crippen LogP contribution is -2.29. The van der Waals surface area contributed by atoms with Gasteiger partial charge in [0.1, 0.15) is 5.82 Å². The van der Waals surface area contributed by atoms with E-state index in [0.29, 0.717) is 25.5 Å². The topological polar surface area (TPSA) is 78.9 Å². The molecule has 1 aromatic carbocycles. The number of carbonyl (C=O) groups is 1. The lowest BCUT2D eigenvalue weighted by molar-refractivity contribution is -0.120. The Labute approximate surface area is 149 Å². The van der Waals surface area contributed by atoms with E-state index in [1.807, 2.05) is 26.0 Å². The second-order valence-electron chi connectivity index (χ2n) is 6.01. The van der Waals surface area contributed by atoms with Gasteiger partial charge in [-0.25, -0.2) is 4.98 Å². The summed E-state index contributed by atoms with van der Waals surface area (Å²) in [5.74, 6) is 1.44. The molecule has 0 saturated carbocycles. The molecule has 0 spiro atoms. The molecular formula is C19H27N5O. The van der Waals surface area contributed by atoms with Gasteiger partial charge in [-0.2, -0.15) is 4.98 Å². The highest BCUT2D eigenvalue weighted by molar-refractivity contribution is 5.76. The molecule has 2 rings (SSSR count). The smallest absolute Gasteiger partial charge is 0.224 e. The molecule has 1 amide bonds. The molecule has 1 aromatic heterocycles. The predicted molar refractivity (Wildman–Crippen MR) is 102 cm³/mol. The summed E-state index contributed by atoms with van der Waals surface area (Å²) in [7, 11) is 0. The van der Waals surface area contributed by atoms with Crippen LogP contribution in [0.15, 0.2) is 30.3 Å². The zero-order valence-corrected chi connectivity index (χ0v) is 15.2. The number of carbonyl (C=O) groups excluding carboxylic acids is 1. The molecule has 6 nitrogen and oxygen atoms in total. The Kier molecular flexibility index (Phi) is 7.19. The van der Waals surface area contributed by atoms with E-state index in [4.69, 9.17) is 0 Å². The number of nitrogens with zero attached hydrogens (tertiary/aromatic N) is 2. The van der Waals surface area contributed by atoms with Gasteiger partial charge in [-0.15, -0.1) is 0 Å². The van der Waals surface area contributed by atoms with E-state index in [2.05, 4.69) is 51.0 Å². The highest BCUT2D eigenvalue weighted by atomic mass is 16.1. The van der Waals surface area contributed by atoms with Crippen LogP contribution in [0.25, 0.3) is 0 Å². The Balaban J connectivity index is 1.69. The molecule has 0 atom stereocenters. The lowest BCUT2D eigenvalue weighted by atomic mass is 10.1. The third kappa shape index (κ3) is 6.79. The van der Waals surface area contributed by atoms with Crippen molar-refractivity contribution in [2.75, 3.05) is 30.3 Å². The fraction of sp³-hybridized carbons (Fsp3) is 0.421. The third-order valence-corrected chi connectivity index (χ3v) is 3.67. The maximum atomic E-state index is 11.9. The molecular weight excluding hydrogens is 314 g/mol. The van der Waals surface area contributed by atoms with Gasteiger partial charge in [-0.1, -0.05) is 29.8 Å². The number of aromatic nitrogens is 2. The first-order valence-corrected chi connectivity index (χ1v) is 8.72. The second kappa shape index (κ2) is 9.61. The number of nitrogens with one attached hydrogen (secondary N) is 3. The fourth-order valence-electron chi connectivity index (χ4n) is 2.51. The van der Waals surface area contributed by atoms with Crippen LogP contribution >= 0.6 is 0 Å². The number of anilines is 2. The first kappa shape index (κ1) is 18.7. The van der Waals surface area contributed by atoms with Gasteiger partial charge < -0.3 is 16.0 Å². The van der Waals surface area contributed by atoms with E-state index in [1.54, 1.807) is 0 Å². The van der Waals surface area contributed by atoms with Gasteiger partial charge >= 0.3 is 0 Å². The summed E-state index contributed by atoms with van der Waals surface area (Å²) in [5.41, 5.74) is 3.31. The quantitative estimate of drug-likeness (QED) is 0.611. The molecule has 0 saturated heterocycles. The monoisotopic (exact) mass is 341 g/mol. The van der Waals surface area contributed by atoms with Gasteiger partial charge in [0.15, 0.2) is 0 Å². The molecule has 1 heterocycles. The van der Waals surface area contributed by atoms with Crippen molar-refractivity contribution in [3.8, 4) is 0 Å². The normalized spacial score (nSPS) is 10.4. The Morgan fingerprint density at radius 3 is 2.68 bits per heavy atom. The van der Waals surface area contributed by atoms with Crippen LogP contribution in [0.2, 0.25) is 0 Å². The molecule has 0 bridgehead atoms. The number of amides is 1. The molecule has 134 valence electrons. The third-order valence-electron chi connectivity index (χ3n) is 3.67. The van der Waals surface area contributed by atoms with Gasteiger partial charge in [-0.05, 0) is 32.8 Å². The van der Waals surface area contributed by atoms with Crippen molar-refractivity contribution in [3.05, 3.63) is 47.2 Å².